The van der Waals surface area contributed by atoms with Crippen LogP contribution in [0.1, 0.15) is 29.9 Å². The van der Waals surface area contributed by atoms with E-state index < -0.39 is 5.91 Å². The Kier molecular flexibility index (Phi) is 5.34. The highest BCUT2D eigenvalue weighted by atomic mass is 35.5. The first-order valence-corrected chi connectivity index (χ1v) is 8.26. The maximum absolute atomic E-state index is 11.2. The molecule has 0 saturated heterocycles. The summed E-state index contributed by atoms with van der Waals surface area (Å²) < 4.78 is 1.98. The number of nitrogens with two attached hydrogens (primary N) is 1. The summed E-state index contributed by atoms with van der Waals surface area (Å²) in [6, 6.07) is 5.86. The minimum absolute atomic E-state index is 0. The third-order valence-electron chi connectivity index (χ3n) is 3.43. The monoisotopic (exact) mass is 369 g/mol. The summed E-state index contributed by atoms with van der Waals surface area (Å²) in [5.41, 5.74) is 7.82. The van der Waals surface area contributed by atoms with Crippen LogP contribution in [0, 0.1) is 5.92 Å². The fourth-order valence-electron chi connectivity index (χ4n) is 2.52. The summed E-state index contributed by atoms with van der Waals surface area (Å²) >= 11 is 7.54. The molecular weight excluding hydrogens is 353 g/mol. The highest BCUT2D eigenvalue weighted by molar-refractivity contribution is 7.12. The molecule has 3 rings (SSSR count). The molecule has 7 heteroatoms. The molecule has 0 atom stereocenters. The molecule has 0 aliphatic carbocycles. The number of carbonyl (C=O) groups excluding carboxylic acids is 1. The van der Waals surface area contributed by atoms with Gasteiger partial charge >= 0.3 is 0 Å². The predicted molar refractivity (Wildman–Crippen MR) is 98.3 cm³/mol. The number of hydrogen-bond acceptors (Lipinski definition) is 3. The van der Waals surface area contributed by atoms with Gasteiger partial charge < -0.3 is 5.73 Å². The fraction of sp³-hybridized carbons (Fsp3) is 0.250. The standard InChI is InChI=1S/C16H16ClN3OS.ClH/c1-9(2)5-10-7-20(14-6-11(17)3-4-12(10)14)16-19-13(8-22-16)15(18)21;/h3-4,6-9H,5H2,1-2H3,(H2,18,21);1H. The second-order valence-corrected chi connectivity index (χ2v) is 6.94. The van der Waals surface area contributed by atoms with Gasteiger partial charge in [-0.1, -0.05) is 31.5 Å². The zero-order chi connectivity index (χ0) is 15.9. The molecule has 4 nitrogen and oxygen atoms in total. The largest absolute Gasteiger partial charge is 0.364 e. The number of primary amides is 1. The molecule has 122 valence electrons. The van der Waals surface area contributed by atoms with Crippen LogP contribution in [0.3, 0.4) is 0 Å². The van der Waals surface area contributed by atoms with Crippen molar-refractivity contribution < 1.29 is 4.79 Å². The highest BCUT2D eigenvalue weighted by Crippen LogP contribution is 2.30. The van der Waals surface area contributed by atoms with Crippen LogP contribution < -0.4 is 5.73 Å². The zero-order valence-electron chi connectivity index (χ0n) is 12.7. The molecule has 0 aliphatic heterocycles. The lowest BCUT2D eigenvalue weighted by Gasteiger charge is -2.02. The summed E-state index contributed by atoms with van der Waals surface area (Å²) in [5, 5.41) is 4.23. The van der Waals surface area contributed by atoms with Crippen molar-refractivity contribution in [2.24, 2.45) is 11.7 Å². The number of aromatic nitrogens is 2. The predicted octanol–water partition coefficient (Wildman–Crippen LogP) is 4.46. The Hall–Kier alpha value is -1.56. The molecule has 3 aromatic rings. The zero-order valence-corrected chi connectivity index (χ0v) is 15.1. The van der Waals surface area contributed by atoms with Gasteiger partial charge in [-0.2, -0.15) is 0 Å². The normalized spacial score (nSPS) is 11.0. The van der Waals surface area contributed by atoms with Crippen molar-refractivity contribution in [3.05, 3.63) is 46.1 Å². The lowest BCUT2D eigenvalue weighted by molar-refractivity contribution is 0.0996. The number of amides is 1. The van der Waals surface area contributed by atoms with E-state index in [9.17, 15) is 4.79 Å². The maximum Gasteiger partial charge on any atom is 0.268 e. The van der Waals surface area contributed by atoms with Crippen LogP contribution in [0.15, 0.2) is 29.8 Å². The average molecular weight is 370 g/mol. The van der Waals surface area contributed by atoms with Crippen molar-refractivity contribution in [2.45, 2.75) is 20.3 Å². The van der Waals surface area contributed by atoms with Gasteiger partial charge in [0.1, 0.15) is 5.69 Å². The lowest BCUT2D eigenvalue weighted by atomic mass is 10.0. The second kappa shape index (κ2) is 6.91. The van der Waals surface area contributed by atoms with Crippen LogP contribution >= 0.6 is 35.3 Å². The van der Waals surface area contributed by atoms with Crippen LogP contribution in [-0.2, 0) is 6.42 Å². The van der Waals surface area contributed by atoms with Gasteiger partial charge in [0.25, 0.3) is 5.91 Å². The van der Waals surface area contributed by atoms with Crippen LogP contribution in [0.4, 0.5) is 0 Å². The van der Waals surface area contributed by atoms with Gasteiger partial charge in [-0.3, -0.25) is 9.36 Å². The smallest absolute Gasteiger partial charge is 0.268 e. The van der Waals surface area contributed by atoms with Crippen molar-refractivity contribution in [3.8, 4) is 5.13 Å². The first kappa shape index (κ1) is 17.8. The molecule has 0 spiro atoms. The van der Waals surface area contributed by atoms with Gasteiger partial charge in [-0.05, 0) is 30.0 Å². The number of thiazole rings is 1. The number of hydrogen-bond donors (Lipinski definition) is 1. The number of rotatable bonds is 4. The summed E-state index contributed by atoms with van der Waals surface area (Å²) in [4.78, 5) is 15.6. The van der Waals surface area contributed by atoms with Crippen LogP contribution in [-0.4, -0.2) is 15.5 Å². The van der Waals surface area contributed by atoms with E-state index in [1.165, 1.54) is 16.9 Å². The Morgan fingerprint density at radius 1 is 1.43 bits per heavy atom. The number of benzene rings is 1. The molecule has 0 aliphatic rings. The topological polar surface area (TPSA) is 60.9 Å². The molecular formula is C16H17Cl2N3OS. The van der Waals surface area contributed by atoms with Gasteiger partial charge in [-0.25, -0.2) is 4.98 Å². The Morgan fingerprint density at radius 3 is 2.78 bits per heavy atom. The average Bonchev–Trinajstić information content (AvgIpc) is 3.03. The first-order chi connectivity index (χ1) is 10.5. The Labute approximate surface area is 149 Å². The summed E-state index contributed by atoms with van der Waals surface area (Å²) in [6.07, 6.45) is 3.05. The molecule has 1 amide bonds. The third kappa shape index (κ3) is 3.52. The van der Waals surface area contributed by atoms with E-state index in [4.69, 9.17) is 17.3 Å². The Balaban J connectivity index is 0.00000192. The van der Waals surface area contributed by atoms with Gasteiger partial charge in [0.15, 0.2) is 5.13 Å². The van der Waals surface area contributed by atoms with Crippen molar-refractivity contribution in [2.75, 3.05) is 0 Å². The van der Waals surface area contributed by atoms with Crippen molar-refractivity contribution in [1.29, 1.82) is 0 Å². The van der Waals surface area contributed by atoms with E-state index >= 15 is 0 Å². The van der Waals surface area contributed by atoms with E-state index in [0.29, 0.717) is 10.9 Å². The summed E-state index contributed by atoms with van der Waals surface area (Å²) in [5.74, 6) is 0.0339. The Bertz CT molecular complexity index is 854. The first-order valence-electron chi connectivity index (χ1n) is 7.01. The minimum atomic E-state index is -0.514. The van der Waals surface area contributed by atoms with Gasteiger partial charge in [0, 0.05) is 22.0 Å². The summed E-state index contributed by atoms with van der Waals surface area (Å²) in [6.45, 7) is 4.38. The number of nitrogens with zero attached hydrogens (tertiary/aromatic N) is 2. The minimum Gasteiger partial charge on any atom is -0.364 e. The van der Waals surface area contributed by atoms with Gasteiger partial charge in [-0.15, -0.1) is 23.7 Å². The molecule has 0 radical (unpaired) electrons. The van der Waals surface area contributed by atoms with E-state index in [0.717, 1.165) is 22.5 Å². The van der Waals surface area contributed by atoms with E-state index in [2.05, 4.69) is 25.0 Å². The Morgan fingerprint density at radius 2 is 2.17 bits per heavy atom. The number of halogens is 2. The van der Waals surface area contributed by atoms with Crippen molar-refractivity contribution >= 4 is 52.2 Å². The van der Waals surface area contributed by atoms with E-state index in [-0.39, 0.29) is 18.1 Å². The molecule has 1 aromatic carbocycles. The molecule has 2 N–H and O–H groups in total. The molecule has 0 fully saturated rings. The SMILES string of the molecule is CC(C)Cc1cn(-c2nc(C(N)=O)cs2)c2cc(Cl)ccc12.Cl. The highest BCUT2D eigenvalue weighted by Gasteiger charge is 2.15. The number of fused-ring (bicyclic) bond motifs is 1. The van der Waals surface area contributed by atoms with Crippen molar-refractivity contribution in [3.63, 3.8) is 0 Å². The molecule has 23 heavy (non-hydrogen) atoms. The van der Waals surface area contributed by atoms with E-state index in [1.807, 2.05) is 22.8 Å². The fourth-order valence-corrected chi connectivity index (χ4v) is 3.49. The lowest BCUT2D eigenvalue weighted by Crippen LogP contribution is -2.11. The molecule has 2 aromatic heterocycles. The molecule has 0 saturated carbocycles. The second-order valence-electron chi connectivity index (χ2n) is 5.66. The van der Waals surface area contributed by atoms with Crippen LogP contribution in [0.5, 0.6) is 0 Å². The van der Waals surface area contributed by atoms with Crippen LogP contribution in [0.2, 0.25) is 5.02 Å². The summed E-state index contributed by atoms with van der Waals surface area (Å²) in [7, 11) is 0. The van der Waals surface area contributed by atoms with Crippen LogP contribution in [0.25, 0.3) is 16.0 Å². The molecule has 0 bridgehead atoms. The number of carbonyl (C=O) groups is 1. The van der Waals surface area contributed by atoms with Crippen molar-refractivity contribution in [1.82, 2.24) is 9.55 Å². The van der Waals surface area contributed by atoms with E-state index in [1.54, 1.807) is 5.38 Å². The van der Waals surface area contributed by atoms with Gasteiger partial charge in [0.05, 0.1) is 5.52 Å². The third-order valence-corrected chi connectivity index (χ3v) is 4.50. The molecule has 0 unspecified atom stereocenters. The maximum atomic E-state index is 11.2. The van der Waals surface area contributed by atoms with Gasteiger partial charge in [0.2, 0.25) is 0 Å². The molecule has 2 heterocycles. The quantitative estimate of drug-likeness (QED) is 0.737.